The first-order chi connectivity index (χ1) is 15.0. The molecule has 1 aromatic carbocycles. The molecule has 0 aliphatic rings. The maximum Gasteiger partial charge on any atom is 0.332 e. The Morgan fingerprint density at radius 2 is 2.00 bits per heavy atom. The van der Waals surface area contributed by atoms with E-state index in [-0.39, 0.29) is 6.54 Å². The smallest absolute Gasteiger partial charge is 0.332 e. The minimum atomic E-state index is -0.452. The summed E-state index contributed by atoms with van der Waals surface area (Å²) in [6.45, 7) is -0.0000587. The summed E-state index contributed by atoms with van der Waals surface area (Å²) in [6, 6.07) is 11.2. The number of methoxy groups -OCH3 is 1. The lowest BCUT2D eigenvalue weighted by molar-refractivity contribution is 0.397. The van der Waals surface area contributed by atoms with E-state index in [1.807, 2.05) is 12.1 Å². The molecule has 0 aliphatic carbocycles. The molecule has 6 nitrogen and oxygen atoms in total. The fourth-order valence-electron chi connectivity index (χ4n) is 3.21. The van der Waals surface area contributed by atoms with Gasteiger partial charge in [-0.05, 0) is 35.4 Å². The van der Waals surface area contributed by atoms with Gasteiger partial charge in [0.05, 0.1) is 23.9 Å². The van der Waals surface area contributed by atoms with E-state index >= 15 is 0 Å². The third kappa shape index (κ3) is 4.27. The van der Waals surface area contributed by atoms with E-state index in [4.69, 9.17) is 4.74 Å². The number of pyridine rings is 1. The van der Waals surface area contributed by atoms with Crippen molar-refractivity contribution in [3.63, 3.8) is 0 Å². The van der Waals surface area contributed by atoms with Crippen LogP contribution in [0.15, 0.2) is 58.3 Å². The van der Waals surface area contributed by atoms with Gasteiger partial charge in [-0.1, -0.05) is 24.0 Å². The van der Waals surface area contributed by atoms with E-state index in [0.717, 1.165) is 10.1 Å². The van der Waals surface area contributed by atoms with E-state index in [1.54, 1.807) is 38.6 Å². The van der Waals surface area contributed by atoms with Gasteiger partial charge < -0.3 is 4.74 Å². The van der Waals surface area contributed by atoms with Crippen LogP contribution in [0.5, 0.6) is 5.88 Å². The average Bonchev–Trinajstić information content (AvgIpc) is 3.20. The number of fused-ring (bicyclic) bond motifs is 1. The Morgan fingerprint density at radius 1 is 1.16 bits per heavy atom. The summed E-state index contributed by atoms with van der Waals surface area (Å²) in [5.41, 5.74) is 0.643. The Morgan fingerprint density at radius 3 is 2.77 bits per heavy atom. The number of rotatable bonds is 4. The second kappa shape index (κ2) is 8.58. The highest BCUT2D eigenvalue weighted by molar-refractivity contribution is 7.19. The van der Waals surface area contributed by atoms with Crippen molar-refractivity contribution < 1.29 is 9.13 Å². The van der Waals surface area contributed by atoms with Crippen molar-refractivity contribution in [2.45, 2.75) is 13.0 Å². The zero-order valence-electron chi connectivity index (χ0n) is 16.9. The molecular formula is C23H18FN3O3S. The lowest BCUT2D eigenvalue weighted by Crippen LogP contribution is -2.38. The molecule has 0 radical (unpaired) electrons. The van der Waals surface area contributed by atoms with E-state index < -0.39 is 17.1 Å². The van der Waals surface area contributed by atoms with Gasteiger partial charge in [0.2, 0.25) is 5.88 Å². The van der Waals surface area contributed by atoms with Crippen LogP contribution in [0.3, 0.4) is 0 Å². The van der Waals surface area contributed by atoms with E-state index in [2.05, 4.69) is 16.8 Å². The summed E-state index contributed by atoms with van der Waals surface area (Å²) < 4.78 is 21.2. The van der Waals surface area contributed by atoms with Gasteiger partial charge in [-0.25, -0.2) is 14.2 Å². The number of aryl methyl sites for hydroxylation is 1. The van der Waals surface area contributed by atoms with E-state index in [1.165, 1.54) is 28.0 Å². The molecule has 0 N–H and O–H groups in total. The number of hydrogen-bond donors (Lipinski definition) is 0. The van der Waals surface area contributed by atoms with Crippen LogP contribution in [0, 0.1) is 17.7 Å². The summed E-state index contributed by atoms with van der Waals surface area (Å²) in [5, 5.41) is 0.415. The summed E-state index contributed by atoms with van der Waals surface area (Å²) >= 11 is 1.29. The predicted molar refractivity (Wildman–Crippen MR) is 118 cm³/mol. The number of nitrogens with zero attached hydrogens (tertiary/aromatic N) is 3. The number of aromatic nitrogens is 3. The molecule has 0 saturated heterocycles. The van der Waals surface area contributed by atoms with Crippen molar-refractivity contribution >= 4 is 21.6 Å². The lowest BCUT2D eigenvalue weighted by atomic mass is 10.2. The highest BCUT2D eigenvalue weighted by Crippen LogP contribution is 2.21. The minimum absolute atomic E-state index is 0.0000587. The Hall–Kier alpha value is -3.70. The maximum atomic E-state index is 13.5. The molecular weight excluding hydrogens is 417 g/mol. The molecule has 8 heteroatoms. The average molecular weight is 435 g/mol. The fraction of sp³-hybridized carbons (Fsp3) is 0.174. The lowest BCUT2D eigenvalue weighted by Gasteiger charge is -2.08. The Balaban J connectivity index is 1.68. The number of halogens is 1. The molecule has 0 bridgehead atoms. The Bertz CT molecular complexity index is 1460. The number of hydrogen-bond acceptors (Lipinski definition) is 5. The SMILES string of the molecule is COc1cc(CC#Cc2cc3c(=O)n(Cc4cccc(F)c4)c(=O)n(C)c3s2)ccn1. The molecule has 0 fully saturated rings. The third-order valence-corrected chi connectivity index (χ3v) is 5.88. The monoisotopic (exact) mass is 435 g/mol. The van der Waals surface area contributed by atoms with Crippen molar-refractivity contribution in [2.24, 2.45) is 7.05 Å². The predicted octanol–water partition coefficient (Wildman–Crippen LogP) is 2.95. The molecule has 0 unspecified atom stereocenters. The van der Waals surface area contributed by atoms with Crippen molar-refractivity contribution in [1.82, 2.24) is 14.1 Å². The Kier molecular flexibility index (Phi) is 5.69. The van der Waals surface area contributed by atoms with Gasteiger partial charge in [0.25, 0.3) is 5.56 Å². The number of benzene rings is 1. The van der Waals surface area contributed by atoms with Crippen LogP contribution < -0.4 is 16.0 Å². The summed E-state index contributed by atoms with van der Waals surface area (Å²) in [7, 11) is 3.17. The van der Waals surface area contributed by atoms with Crippen LogP contribution in [0.25, 0.3) is 10.2 Å². The molecule has 31 heavy (non-hydrogen) atoms. The number of ether oxygens (including phenoxy) is 1. The Labute approximate surface area is 181 Å². The van der Waals surface area contributed by atoms with Crippen molar-refractivity contribution in [2.75, 3.05) is 7.11 Å². The molecule has 0 spiro atoms. The summed E-state index contributed by atoms with van der Waals surface area (Å²) in [5.74, 6) is 6.26. The van der Waals surface area contributed by atoms with Gasteiger partial charge in [-0.15, -0.1) is 11.3 Å². The number of thiophene rings is 1. The molecule has 156 valence electrons. The van der Waals surface area contributed by atoms with Gasteiger partial charge in [0.15, 0.2) is 0 Å². The maximum absolute atomic E-state index is 13.5. The standard InChI is InChI=1S/C23H18FN3O3S/c1-26-22-19(21(28)27(23(26)29)14-16-6-3-7-17(24)11-16)13-18(31-22)8-4-5-15-9-10-25-20(12-15)30-2/h3,6-7,9-13H,5,14H2,1-2H3. The second-order valence-corrected chi connectivity index (χ2v) is 7.91. The molecule has 0 saturated carbocycles. The first kappa shape index (κ1) is 20.6. The summed E-state index contributed by atoms with van der Waals surface area (Å²) in [4.78, 5) is 31.0. The normalized spacial score (nSPS) is 10.7. The van der Waals surface area contributed by atoms with Crippen LogP contribution in [-0.2, 0) is 20.0 Å². The fourth-order valence-corrected chi connectivity index (χ4v) is 4.19. The van der Waals surface area contributed by atoms with E-state index in [0.29, 0.717) is 33.0 Å². The van der Waals surface area contributed by atoms with Gasteiger partial charge in [-0.2, -0.15) is 0 Å². The topological polar surface area (TPSA) is 66.1 Å². The van der Waals surface area contributed by atoms with Crippen LogP contribution in [0.2, 0.25) is 0 Å². The molecule has 0 aliphatic heterocycles. The molecule has 3 heterocycles. The zero-order chi connectivity index (χ0) is 22.0. The van der Waals surface area contributed by atoms with Crippen molar-refractivity contribution in [1.29, 1.82) is 0 Å². The van der Waals surface area contributed by atoms with Crippen LogP contribution in [0.4, 0.5) is 4.39 Å². The third-order valence-electron chi connectivity index (χ3n) is 4.75. The van der Waals surface area contributed by atoms with Crippen LogP contribution in [0.1, 0.15) is 16.0 Å². The molecule has 3 aromatic heterocycles. The van der Waals surface area contributed by atoms with Crippen molar-refractivity contribution in [3.05, 3.63) is 91.3 Å². The first-order valence-electron chi connectivity index (χ1n) is 9.42. The van der Waals surface area contributed by atoms with Gasteiger partial charge in [-0.3, -0.25) is 13.9 Å². The zero-order valence-corrected chi connectivity index (χ0v) is 17.7. The van der Waals surface area contributed by atoms with Crippen LogP contribution in [-0.4, -0.2) is 21.2 Å². The second-order valence-electron chi connectivity index (χ2n) is 6.88. The largest absolute Gasteiger partial charge is 0.481 e. The van der Waals surface area contributed by atoms with Crippen LogP contribution >= 0.6 is 11.3 Å². The highest BCUT2D eigenvalue weighted by atomic mass is 32.1. The molecule has 4 rings (SSSR count). The molecule has 0 amide bonds. The van der Waals surface area contributed by atoms with E-state index in [9.17, 15) is 14.0 Å². The first-order valence-corrected chi connectivity index (χ1v) is 10.2. The summed E-state index contributed by atoms with van der Waals surface area (Å²) in [6.07, 6.45) is 2.15. The molecule has 4 aromatic rings. The minimum Gasteiger partial charge on any atom is -0.481 e. The quantitative estimate of drug-likeness (QED) is 0.463. The van der Waals surface area contributed by atoms with Crippen molar-refractivity contribution in [3.8, 4) is 17.7 Å². The van der Waals surface area contributed by atoms with Gasteiger partial charge in [0.1, 0.15) is 10.6 Å². The highest BCUT2D eigenvalue weighted by Gasteiger charge is 2.14. The van der Waals surface area contributed by atoms with Gasteiger partial charge >= 0.3 is 5.69 Å². The van der Waals surface area contributed by atoms with Gasteiger partial charge in [0, 0.05) is 25.7 Å². The molecule has 0 atom stereocenters.